The molecule has 7 heteroatoms. The summed E-state index contributed by atoms with van der Waals surface area (Å²) in [4.78, 5) is 27.7. The number of piperidine rings is 1. The van der Waals surface area contributed by atoms with Crippen LogP contribution in [0.1, 0.15) is 76.3 Å². The molecule has 0 bridgehead atoms. The lowest BCUT2D eigenvalue weighted by molar-refractivity contribution is 0.0681. The molecule has 7 nitrogen and oxygen atoms in total. The molecule has 1 aliphatic heterocycles. The molecule has 0 unspecified atom stereocenters. The third-order valence-electron chi connectivity index (χ3n) is 8.39. The highest BCUT2D eigenvalue weighted by Gasteiger charge is 2.26. The zero-order valence-corrected chi connectivity index (χ0v) is 22.3. The Bertz CT molecular complexity index is 1300. The van der Waals surface area contributed by atoms with Crippen LogP contribution in [0.5, 0.6) is 0 Å². The van der Waals surface area contributed by atoms with E-state index in [1.54, 1.807) is 0 Å². The molecule has 2 aromatic carbocycles. The first-order chi connectivity index (χ1) is 18.5. The number of carbonyl (C=O) groups excluding carboxylic acids is 2. The highest BCUT2D eigenvalue weighted by molar-refractivity contribution is 6.00. The Kier molecular flexibility index (Phi) is 7.20. The van der Waals surface area contributed by atoms with Crippen molar-refractivity contribution in [1.82, 2.24) is 20.0 Å². The minimum absolute atomic E-state index is 0.0635. The third kappa shape index (κ3) is 5.78. The van der Waals surface area contributed by atoms with Gasteiger partial charge in [0.05, 0.1) is 12.1 Å². The fraction of sp³-hybridized carbons (Fsp3) is 0.516. The van der Waals surface area contributed by atoms with E-state index in [-0.39, 0.29) is 11.8 Å². The number of aromatic nitrogens is 2. The number of rotatable bonds is 10. The minimum Gasteiger partial charge on any atom is -0.379 e. The van der Waals surface area contributed by atoms with Crippen LogP contribution in [0.25, 0.3) is 10.9 Å². The lowest BCUT2D eigenvalue weighted by Gasteiger charge is -2.32. The first-order valence-corrected chi connectivity index (χ1v) is 14.3. The van der Waals surface area contributed by atoms with E-state index in [1.807, 2.05) is 40.8 Å². The first-order valence-electron chi connectivity index (χ1n) is 14.3. The van der Waals surface area contributed by atoms with Gasteiger partial charge < -0.3 is 15.0 Å². The van der Waals surface area contributed by atoms with Gasteiger partial charge in [0, 0.05) is 55.5 Å². The van der Waals surface area contributed by atoms with Crippen LogP contribution in [0, 0.1) is 18.8 Å². The molecule has 200 valence electrons. The topological polar surface area (TPSA) is 76.5 Å². The van der Waals surface area contributed by atoms with Gasteiger partial charge >= 0.3 is 0 Å². The Labute approximate surface area is 224 Å². The number of hydrogen-bond donors (Lipinski definition) is 1. The average molecular weight is 515 g/mol. The number of nitrogens with one attached hydrogen (secondary N) is 1. The fourth-order valence-corrected chi connectivity index (χ4v) is 5.57. The number of hydrogen-bond acceptors (Lipinski definition) is 4. The molecule has 2 amide bonds. The molecule has 38 heavy (non-hydrogen) atoms. The zero-order valence-electron chi connectivity index (χ0n) is 22.3. The molecule has 1 aromatic heterocycles. The molecule has 2 heterocycles. The quantitative estimate of drug-likeness (QED) is 0.389. The summed E-state index contributed by atoms with van der Waals surface area (Å²) in [6.07, 6.45) is 9.10. The minimum atomic E-state index is -0.0635. The van der Waals surface area contributed by atoms with Crippen LogP contribution in [-0.4, -0.2) is 59.3 Å². The Morgan fingerprint density at radius 2 is 1.74 bits per heavy atom. The average Bonchev–Trinajstić information content (AvgIpc) is 3.87. The predicted molar refractivity (Wildman–Crippen MR) is 147 cm³/mol. The molecular formula is C31H38N4O3. The maximum Gasteiger partial charge on any atom is 0.253 e. The molecule has 0 radical (unpaired) electrons. The van der Waals surface area contributed by atoms with Crippen LogP contribution in [0.4, 0.5) is 0 Å². The fourth-order valence-electron chi connectivity index (χ4n) is 5.57. The van der Waals surface area contributed by atoms with Crippen molar-refractivity contribution < 1.29 is 14.3 Å². The van der Waals surface area contributed by atoms with Gasteiger partial charge in [-0.25, -0.2) is 0 Å². The predicted octanol–water partition coefficient (Wildman–Crippen LogP) is 4.93. The van der Waals surface area contributed by atoms with Gasteiger partial charge in [-0.15, -0.1) is 0 Å². The van der Waals surface area contributed by atoms with Gasteiger partial charge in [0.15, 0.2) is 0 Å². The monoisotopic (exact) mass is 514 g/mol. The number of carbonyl (C=O) groups is 2. The van der Waals surface area contributed by atoms with E-state index in [0.29, 0.717) is 30.6 Å². The molecule has 1 N–H and O–H groups in total. The van der Waals surface area contributed by atoms with E-state index in [4.69, 9.17) is 9.84 Å². The van der Waals surface area contributed by atoms with Crippen LogP contribution < -0.4 is 5.32 Å². The van der Waals surface area contributed by atoms with Gasteiger partial charge in [0.2, 0.25) is 0 Å². The summed E-state index contributed by atoms with van der Waals surface area (Å²) < 4.78 is 7.64. The summed E-state index contributed by atoms with van der Waals surface area (Å²) in [7, 11) is 0. The highest BCUT2D eigenvalue weighted by atomic mass is 16.5. The summed E-state index contributed by atoms with van der Waals surface area (Å²) in [5.41, 5.74) is 4.72. The first kappa shape index (κ1) is 25.1. The van der Waals surface area contributed by atoms with E-state index >= 15 is 0 Å². The lowest BCUT2D eigenvalue weighted by Crippen LogP contribution is -2.39. The van der Waals surface area contributed by atoms with Gasteiger partial charge in [-0.3, -0.25) is 14.3 Å². The van der Waals surface area contributed by atoms with Crippen molar-refractivity contribution in [2.24, 2.45) is 11.8 Å². The van der Waals surface area contributed by atoms with Crippen molar-refractivity contribution in [1.29, 1.82) is 0 Å². The number of likely N-dealkylation sites (tertiary alicyclic amines) is 1. The lowest BCUT2D eigenvalue weighted by atomic mass is 9.96. The number of benzene rings is 2. The molecule has 6 rings (SSSR count). The molecule has 2 saturated carbocycles. The van der Waals surface area contributed by atoms with Crippen LogP contribution in [0.3, 0.4) is 0 Å². The van der Waals surface area contributed by atoms with Crippen molar-refractivity contribution in [3.63, 3.8) is 0 Å². The van der Waals surface area contributed by atoms with Crippen LogP contribution in [0.15, 0.2) is 42.6 Å². The molecular weight excluding hydrogens is 476 g/mol. The summed E-state index contributed by atoms with van der Waals surface area (Å²) in [6, 6.07) is 12.1. The third-order valence-corrected chi connectivity index (χ3v) is 8.39. The van der Waals surface area contributed by atoms with E-state index < -0.39 is 0 Å². The number of aryl methyl sites for hydroxylation is 1. The van der Waals surface area contributed by atoms with Gasteiger partial charge in [0.25, 0.3) is 11.8 Å². The Morgan fingerprint density at radius 1 is 0.974 bits per heavy atom. The molecule has 3 aromatic rings. The molecule has 0 atom stereocenters. The summed E-state index contributed by atoms with van der Waals surface area (Å²) in [5.74, 6) is 2.00. The van der Waals surface area contributed by atoms with Crippen LogP contribution >= 0.6 is 0 Å². The molecule has 2 aliphatic carbocycles. The Morgan fingerprint density at radius 3 is 2.45 bits per heavy atom. The van der Waals surface area contributed by atoms with Crippen molar-refractivity contribution >= 4 is 22.7 Å². The summed E-state index contributed by atoms with van der Waals surface area (Å²) in [6.45, 7) is 6.27. The van der Waals surface area contributed by atoms with Crippen LogP contribution in [0.2, 0.25) is 0 Å². The number of nitrogens with zero attached hydrogens (tertiary/aromatic N) is 3. The zero-order chi connectivity index (χ0) is 26.1. The van der Waals surface area contributed by atoms with Gasteiger partial charge in [-0.05, 0) is 98.6 Å². The summed E-state index contributed by atoms with van der Waals surface area (Å²) in [5, 5.41) is 8.79. The SMILES string of the molecule is Cc1c(C(=O)NCCOCC2CC2)ccc2nn(CC3CCN(C(=O)c4ccc(C5CC5)cc4)CC3)cc12. The molecule has 3 fully saturated rings. The maximum atomic E-state index is 13.0. The second-order valence-electron chi connectivity index (χ2n) is 11.4. The Hall–Kier alpha value is -3.19. The van der Waals surface area contributed by atoms with Gasteiger partial charge in [0.1, 0.15) is 0 Å². The normalized spacial score (nSPS) is 18.2. The van der Waals surface area contributed by atoms with Gasteiger partial charge in [-0.1, -0.05) is 12.1 Å². The van der Waals surface area contributed by atoms with Crippen molar-refractivity contribution in [3.8, 4) is 0 Å². The molecule has 3 aliphatic rings. The highest BCUT2D eigenvalue weighted by Crippen LogP contribution is 2.40. The number of ether oxygens (including phenoxy) is 1. The van der Waals surface area contributed by atoms with Crippen molar-refractivity contribution in [2.45, 2.75) is 57.9 Å². The second-order valence-corrected chi connectivity index (χ2v) is 11.4. The van der Waals surface area contributed by atoms with Crippen molar-refractivity contribution in [3.05, 3.63) is 64.8 Å². The standard InChI is InChI=1S/C31H38N4O3/c1-21-27(30(36)32-14-17-38-20-23-2-3-23)10-11-29-28(21)19-35(33-29)18-22-12-15-34(16-13-22)31(37)26-8-6-25(7-9-26)24-4-5-24/h6-11,19,22-24H,2-5,12-18,20H2,1H3,(H,32,36). The van der Waals surface area contributed by atoms with E-state index in [9.17, 15) is 9.59 Å². The van der Waals surface area contributed by atoms with E-state index in [1.165, 1.54) is 31.2 Å². The smallest absolute Gasteiger partial charge is 0.253 e. The molecule has 0 spiro atoms. The van der Waals surface area contributed by atoms with Crippen LogP contribution in [-0.2, 0) is 11.3 Å². The maximum absolute atomic E-state index is 13.0. The van der Waals surface area contributed by atoms with E-state index in [2.05, 4.69) is 23.6 Å². The second kappa shape index (κ2) is 10.9. The van der Waals surface area contributed by atoms with Crippen molar-refractivity contribution in [2.75, 3.05) is 32.8 Å². The van der Waals surface area contributed by atoms with Gasteiger partial charge in [-0.2, -0.15) is 5.10 Å². The van der Waals surface area contributed by atoms with E-state index in [0.717, 1.165) is 67.0 Å². The number of amides is 2. The summed E-state index contributed by atoms with van der Waals surface area (Å²) >= 11 is 0. The Balaban J connectivity index is 1.01. The largest absolute Gasteiger partial charge is 0.379 e. The number of fused-ring (bicyclic) bond motifs is 1. The molecule has 1 saturated heterocycles.